The van der Waals surface area contributed by atoms with E-state index in [0.29, 0.717) is 30.5 Å². The molecule has 1 saturated carbocycles. The summed E-state index contributed by atoms with van der Waals surface area (Å²) in [4.78, 5) is 55.1. The highest BCUT2D eigenvalue weighted by Gasteiger charge is 2.35. The van der Waals surface area contributed by atoms with Gasteiger partial charge >= 0.3 is 0 Å². The maximum absolute atomic E-state index is 13.5. The Morgan fingerprint density at radius 1 is 0.973 bits per heavy atom. The summed E-state index contributed by atoms with van der Waals surface area (Å²) in [6, 6.07) is 14.4. The van der Waals surface area contributed by atoms with Crippen LogP contribution in [0.5, 0.6) is 0 Å². The predicted molar refractivity (Wildman–Crippen MR) is 142 cm³/mol. The fraction of sp³-hybridized carbons (Fsp3) is 0.467. The number of fused-ring (bicyclic) bond motifs is 1. The average molecular weight is 504 g/mol. The highest BCUT2D eigenvalue weighted by Crippen LogP contribution is 2.23. The van der Waals surface area contributed by atoms with Gasteiger partial charge in [-0.2, -0.15) is 0 Å². The minimum Gasteiger partial charge on any atom is -0.352 e. The normalized spacial score (nSPS) is 16.4. The average Bonchev–Trinajstić information content (AvgIpc) is 3.15. The van der Waals surface area contributed by atoms with E-state index in [1.54, 1.807) is 29.2 Å². The van der Waals surface area contributed by atoms with Gasteiger partial charge in [-0.25, -0.2) is 0 Å². The number of nitrogens with zero attached hydrogens (tertiary/aromatic N) is 2. The zero-order valence-electron chi connectivity index (χ0n) is 21.9. The zero-order valence-corrected chi connectivity index (χ0v) is 21.9. The van der Waals surface area contributed by atoms with E-state index in [1.165, 1.54) is 11.3 Å². The molecule has 7 heteroatoms. The molecular formula is C30H37N3O4. The second kappa shape index (κ2) is 12.2. The van der Waals surface area contributed by atoms with Gasteiger partial charge in [-0.15, -0.1) is 0 Å². The lowest BCUT2D eigenvalue weighted by Crippen LogP contribution is -2.51. The highest BCUT2D eigenvalue weighted by atomic mass is 16.2. The van der Waals surface area contributed by atoms with Crippen molar-refractivity contribution in [3.8, 4) is 0 Å². The van der Waals surface area contributed by atoms with Crippen molar-refractivity contribution in [3.63, 3.8) is 0 Å². The van der Waals surface area contributed by atoms with E-state index in [2.05, 4.69) is 5.32 Å². The summed E-state index contributed by atoms with van der Waals surface area (Å²) in [7, 11) is 0. The third-order valence-electron chi connectivity index (χ3n) is 7.46. The van der Waals surface area contributed by atoms with Crippen LogP contribution >= 0.6 is 0 Å². The van der Waals surface area contributed by atoms with Gasteiger partial charge in [0.1, 0.15) is 6.04 Å². The van der Waals surface area contributed by atoms with Gasteiger partial charge in [0.25, 0.3) is 11.8 Å². The van der Waals surface area contributed by atoms with Crippen molar-refractivity contribution < 1.29 is 19.2 Å². The van der Waals surface area contributed by atoms with Crippen molar-refractivity contribution in [3.05, 3.63) is 70.8 Å². The molecule has 2 aliphatic rings. The van der Waals surface area contributed by atoms with Crippen LogP contribution in [-0.2, 0) is 16.1 Å². The molecular weight excluding hydrogens is 466 g/mol. The Bertz CT molecular complexity index is 1100. The maximum atomic E-state index is 13.5. The quantitative estimate of drug-likeness (QED) is 0.479. The van der Waals surface area contributed by atoms with Crippen LogP contribution < -0.4 is 5.32 Å². The van der Waals surface area contributed by atoms with Crippen molar-refractivity contribution in [1.82, 2.24) is 15.1 Å². The van der Waals surface area contributed by atoms with Crippen molar-refractivity contribution >= 4 is 23.6 Å². The number of hydrogen-bond donors (Lipinski definition) is 1. The van der Waals surface area contributed by atoms with Crippen LogP contribution in [0.25, 0.3) is 0 Å². The van der Waals surface area contributed by atoms with Crippen LogP contribution in [0.15, 0.2) is 48.5 Å². The van der Waals surface area contributed by atoms with Gasteiger partial charge in [0.05, 0.1) is 11.1 Å². The first kappa shape index (κ1) is 26.6. The molecule has 0 aromatic heterocycles. The van der Waals surface area contributed by atoms with E-state index >= 15 is 0 Å². The van der Waals surface area contributed by atoms with E-state index in [1.807, 2.05) is 38.1 Å². The molecule has 4 amide bonds. The van der Waals surface area contributed by atoms with Crippen molar-refractivity contribution in [2.75, 3.05) is 6.54 Å². The molecule has 0 radical (unpaired) electrons. The number of imide groups is 1. The summed E-state index contributed by atoms with van der Waals surface area (Å²) in [5.74, 6) is -0.885. The number of carbonyl (C=O) groups is 4. The summed E-state index contributed by atoms with van der Waals surface area (Å²) in [5.41, 5.74) is 2.91. The summed E-state index contributed by atoms with van der Waals surface area (Å²) in [6.07, 6.45) is 6.39. The van der Waals surface area contributed by atoms with E-state index in [9.17, 15) is 19.2 Å². The van der Waals surface area contributed by atoms with E-state index in [4.69, 9.17) is 0 Å². The van der Waals surface area contributed by atoms with Crippen LogP contribution in [0, 0.1) is 6.92 Å². The maximum Gasteiger partial charge on any atom is 0.261 e. The molecule has 1 fully saturated rings. The molecule has 2 aromatic rings. The van der Waals surface area contributed by atoms with E-state index in [0.717, 1.165) is 36.8 Å². The summed E-state index contributed by atoms with van der Waals surface area (Å²) in [6.45, 7) is 4.45. The second-order valence-corrected chi connectivity index (χ2v) is 10.2. The van der Waals surface area contributed by atoms with Crippen LogP contribution in [0.1, 0.15) is 90.1 Å². The zero-order chi connectivity index (χ0) is 26.4. The minimum absolute atomic E-state index is 0.102. The lowest BCUT2D eigenvalue weighted by Gasteiger charge is -2.33. The fourth-order valence-corrected chi connectivity index (χ4v) is 5.33. The Morgan fingerprint density at radius 2 is 1.59 bits per heavy atom. The molecule has 0 unspecified atom stereocenters. The molecule has 4 rings (SSSR count). The number of amides is 4. The molecule has 37 heavy (non-hydrogen) atoms. The Morgan fingerprint density at radius 3 is 2.19 bits per heavy atom. The third-order valence-corrected chi connectivity index (χ3v) is 7.46. The van der Waals surface area contributed by atoms with Crippen molar-refractivity contribution in [2.45, 2.75) is 83.8 Å². The lowest BCUT2D eigenvalue weighted by molar-refractivity contribution is -0.142. The molecule has 1 heterocycles. The van der Waals surface area contributed by atoms with E-state index in [-0.39, 0.29) is 42.6 Å². The van der Waals surface area contributed by atoms with Crippen molar-refractivity contribution in [2.24, 2.45) is 0 Å². The minimum atomic E-state index is -0.574. The molecule has 0 saturated heterocycles. The largest absolute Gasteiger partial charge is 0.352 e. The van der Waals surface area contributed by atoms with Crippen LogP contribution in [0.3, 0.4) is 0 Å². The van der Waals surface area contributed by atoms with Gasteiger partial charge in [0, 0.05) is 25.6 Å². The molecule has 1 N–H and O–H groups in total. The number of carbonyl (C=O) groups excluding carboxylic acids is 4. The van der Waals surface area contributed by atoms with Crippen molar-refractivity contribution in [1.29, 1.82) is 0 Å². The van der Waals surface area contributed by atoms with Gasteiger partial charge in [0.2, 0.25) is 11.8 Å². The summed E-state index contributed by atoms with van der Waals surface area (Å²) < 4.78 is 0. The number of hydrogen-bond acceptors (Lipinski definition) is 4. The lowest BCUT2D eigenvalue weighted by atomic mass is 9.95. The van der Waals surface area contributed by atoms with Crippen LogP contribution in [-0.4, -0.2) is 52.1 Å². The molecule has 1 aliphatic carbocycles. The Balaban J connectivity index is 1.43. The third kappa shape index (κ3) is 6.27. The van der Waals surface area contributed by atoms with Gasteiger partial charge in [-0.05, 0) is 50.3 Å². The Hall–Kier alpha value is -3.48. The van der Waals surface area contributed by atoms with Gasteiger partial charge in [-0.3, -0.25) is 24.1 Å². The van der Waals surface area contributed by atoms with Gasteiger partial charge < -0.3 is 10.2 Å². The standard InChI is InChI=1S/C30H37N3O4/c1-3-26(28(35)31-23-10-5-4-6-11-23)33(20-22-17-15-21(2)16-18-22)27(34)14-9-19-32-29(36)24-12-7-8-13-25(24)30(32)37/h7-8,12-13,15-18,23,26H,3-6,9-11,14,19-20H2,1-2H3,(H,31,35)/t26-/m1/s1. The van der Waals surface area contributed by atoms with Gasteiger partial charge in [0.15, 0.2) is 0 Å². The first-order valence-corrected chi connectivity index (χ1v) is 13.5. The summed E-state index contributed by atoms with van der Waals surface area (Å²) >= 11 is 0. The first-order chi connectivity index (χ1) is 17.9. The number of rotatable bonds is 10. The molecule has 0 spiro atoms. The molecule has 196 valence electrons. The van der Waals surface area contributed by atoms with Crippen LogP contribution in [0.4, 0.5) is 0 Å². The number of nitrogens with one attached hydrogen (secondary N) is 1. The van der Waals surface area contributed by atoms with Crippen LogP contribution in [0.2, 0.25) is 0 Å². The molecule has 1 aliphatic heterocycles. The molecule has 7 nitrogen and oxygen atoms in total. The molecule has 2 aromatic carbocycles. The molecule has 0 bridgehead atoms. The smallest absolute Gasteiger partial charge is 0.261 e. The SMILES string of the molecule is CC[C@H](C(=O)NC1CCCCC1)N(Cc1ccc(C)cc1)C(=O)CCCN1C(=O)c2ccccc2C1=O. The highest BCUT2D eigenvalue weighted by molar-refractivity contribution is 6.21. The Kier molecular flexibility index (Phi) is 8.74. The van der Waals surface area contributed by atoms with E-state index < -0.39 is 6.04 Å². The predicted octanol–water partition coefficient (Wildman–Crippen LogP) is 4.63. The monoisotopic (exact) mass is 503 g/mol. The van der Waals surface area contributed by atoms with Gasteiger partial charge in [-0.1, -0.05) is 68.1 Å². The summed E-state index contributed by atoms with van der Waals surface area (Å²) in [5, 5.41) is 3.19. The fourth-order valence-electron chi connectivity index (χ4n) is 5.33. The number of benzene rings is 2. The Labute approximate surface area is 219 Å². The second-order valence-electron chi connectivity index (χ2n) is 10.2. The first-order valence-electron chi connectivity index (χ1n) is 13.5. The topological polar surface area (TPSA) is 86.8 Å². The number of aryl methyl sites for hydroxylation is 1. The molecule has 1 atom stereocenters.